The van der Waals surface area contributed by atoms with Gasteiger partial charge in [-0.2, -0.15) is 0 Å². The number of halogens is 1. The molecule has 0 saturated carbocycles. The Hall–Kier alpha value is -2.31. The van der Waals surface area contributed by atoms with Gasteiger partial charge in [0.25, 0.3) is 5.91 Å². The third kappa shape index (κ3) is 7.40. The first-order valence-corrected chi connectivity index (χ1v) is 11.3. The first kappa shape index (κ1) is 23.4. The van der Waals surface area contributed by atoms with Crippen LogP contribution in [0.2, 0.25) is 5.15 Å². The minimum atomic E-state index is -0.100. The lowest BCUT2D eigenvalue weighted by atomic mass is 10.0. The molecule has 1 N–H and O–H groups in total. The number of carbonyl (C=O) groups excluding carboxylic acids is 1. The SMILES string of the molecule is CC(C)Oc1cc(CN2CCC(NC(=O)c3ccc(Cl)nc3)CC2)cc(OC(C)C)c1. The number of amides is 1. The van der Waals surface area contributed by atoms with E-state index in [-0.39, 0.29) is 24.2 Å². The predicted octanol–water partition coefficient (Wildman–Crippen LogP) is 4.70. The molecule has 1 aromatic carbocycles. The quantitative estimate of drug-likeness (QED) is 0.596. The second-order valence-electron chi connectivity index (χ2n) is 8.54. The Labute approximate surface area is 189 Å². The van der Waals surface area contributed by atoms with Gasteiger partial charge in [-0.05, 0) is 70.4 Å². The Morgan fingerprint density at radius 1 is 1.10 bits per heavy atom. The number of piperidine rings is 1. The topological polar surface area (TPSA) is 63.7 Å². The monoisotopic (exact) mass is 445 g/mol. The zero-order chi connectivity index (χ0) is 22.4. The maximum Gasteiger partial charge on any atom is 0.253 e. The first-order valence-electron chi connectivity index (χ1n) is 10.9. The summed E-state index contributed by atoms with van der Waals surface area (Å²) in [5, 5.41) is 3.50. The van der Waals surface area contributed by atoms with Crippen molar-refractivity contribution in [2.75, 3.05) is 13.1 Å². The van der Waals surface area contributed by atoms with E-state index in [0.29, 0.717) is 10.7 Å². The highest BCUT2D eigenvalue weighted by Gasteiger charge is 2.22. The lowest BCUT2D eigenvalue weighted by Crippen LogP contribution is -2.44. The average molecular weight is 446 g/mol. The lowest BCUT2D eigenvalue weighted by Gasteiger charge is -2.32. The number of likely N-dealkylation sites (tertiary alicyclic amines) is 1. The van der Waals surface area contributed by atoms with Crippen LogP contribution in [0, 0.1) is 0 Å². The van der Waals surface area contributed by atoms with Gasteiger partial charge in [-0.15, -0.1) is 0 Å². The van der Waals surface area contributed by atoms with E-state index in [9.17, 15) is 4.79 Å². The molecule has 2 heterocycles. The van der Waals surface area contributed by atoms with E-state index in [4.69, 9.17) is 21.1 Å². The fourth-order valence-electron chi connectivity index (χ4n) is 3.67. The lowest BCUT2D eigenvalue weighted by molar-refractivity contribution is 0.0908. The Balaban J connectivity index is 1.56. The molecular formula is C24H32ClN3O3. The van der Waals surface area contributed by atoms with Crippen molar-refractivity contribution in [2.45, 2.75) is 65.3 Å². The zero-order valence-electron chi connectivity index (χ0n) is 18.7. The van der Waals surface area contributed by atoms with E-state index in [1.807, 2.05) is 33.8 Å². The van der Waals surface area contributed by atoms with Crippen molar-refractivity contribution in [1.29, 1.82) is 0 Å². The summed E-state index contributed by atoms with van der Waals surface area (Å²) in [7, 11) is 0. The minimum absolute atomic E-state index is 0.100. The Kier molecular flexibility index (Phi) is 8.15. The van der Waals surface area contributed by atoms with Crippen LogP contribution in [0.15, 0.2) is 36.5 Å². The van der Waals surface area contributed by atoms with Gasteiger partial charge < -0.3 is 14.8 Å². The highest BCUT2D eigenvalue weighted by Crippen LogP contribution is 2.26. The molecule has 31 heavy (non-hydrogen) atoms. The largest absolute Gasteiger partial charge is 0.491 e. The van der Waals surface area contributed by atoms with Crippen LogP contribution in [0.3, 0.4) is 0 Å². The second kappa shape index (κ2) is 10.8. The molecular weight excluding hydrogens is 414 g/mol. The van der Waals surface area contributed by atoms with Gasteiger partial charge in [0.05, 0.1) is 17.8 Å². The Morgan fingerprint density at radius 2 is 1.71 bits per heavy atom. The number of hydrogen-bond acceptors (Lipinski definition) is 5. The highest BCUT2D eigenvalue weighted by molar-refractivity contribution is 6.29. The summed E-state index contributed by atoms with van der Waals surface area (Å²) < 4.78 is 11.8. The summed E-state index contributed by atoms with van der Waals surface area (Å²) in [5.41, 5.74) is 1.70. The van der Waals surface area contributed by atoms with Gasteiger partial charge in [-0.25, -0.2) is 4.98 Å². The number of aromatic nitrogens is 1. The van der Waals surface area contributed by atoms with Crippen molar-refractivity contribution >= 4 is 17.5 Å². The van der Waals surface area contributed by atoms with Gasteiger partial charge in [0.2, 0.25) is 0 Å². The fraction of sp³-hybridized carbons (Fsp3) is 0.500. The fourth-order valence-corrected chi connectivity index (χ4v) is 3.79. The second-order valence-corrected chi connectivity index (χ2v) is 8.93. The number of ether oxygens (including phenoxy) is 2. The summed E-state index contributed by atoms with van der Waals surface area (Å²) in [6, 6.07) is 9.63. The van der Waals surface area contributed by atoms with Crippen LogP contribution in [0.5, 0.6) is 11.5 Å². The van der Waals surface area contributed by atoms with Gasteiger partial charge in [0, 0.05) is 37.9 Å². The highest BCUT2D eigenvalue weighted by atomic mass is 35.5. The number of benzene rings is 1. The number of nitrogens with zero attached hydrogens (tertiary/aromatic N) is 2. The van der Waals surface area contributed by atoms with E-state index in [2.05, 4.69) is 27.3 Å². The van der Waals surface area contributed by atoms with Gasteiger partial charge in [0.15, 0.2) is 0 Å². The van der Waals surface area contributed by atoms with E-state index in [0.717, 1.165) is 44.0 Å². The summed E-state index contributed by atoms with van der Waals surface area (Å²) >= 11 is 5.80. The van der Waals surface area contributed by atoms with Gasteiger partial charge >= 0.3 is 0 Å². The number of nitrogens with one attached hydrogen (secondary N) is 1. The van der Waals surface area contributed by atoms with Gasteiger partial charge in [-0.3, -0.25) is 9.69 Å². The van der Waals surface area contributed by atoms with Crippen LogP contribution in [0.25, 0.3) is 0 Å². The molecule has 1 aliphatic heterocycles. The molecule has 1 fully saturated rings. The Bertz CT molecular complexity index is 835. The molecule has 0 bridgehead atoms. The smallest absolute Gasteiger partial charge is 0.253 e. The van der Waals surface area contributed by atoms with Crippen molar-refractivity contribution in [2.24, 2.45) is 0 Å². The first-order chi connectivity index (χ1) is 14.8. The molecule has 7 heteroatoms. The Morgan fingerprint density at radius 3 is 2.23 bits per heavy atom. The molecule has 1 aliphatic rings. The molecule has 1 amide bonds. The summed E-state index contributed by atoms with van der Waals surface area (Å²) in [6.45, 7) is 10.7. The maximum absolute atomic E-state index is 12.4. The van der Waals surface area contributed by atoms with Crippen LogP contribution in [-0.2, 0) is 6.54 Å². The molecule has 1 saturated heterocycles. The molecule has 0 radical (unpaired) electrons. The minimum Gasteiger partial charge on any atom is -0.491 e. The normalized spacial score (nSPS) is 15.3. The van der Waals surface area contributed by atoms with Crippen molar-refractivity contribution in [3.63, 3.8) is 0 Å². The molecule has 0 unspecified atom stereocenters. The molecule has 6 nitrogen and oxygen atoms in total. The number of carbonyl (C=O) groups is 1. The summed E-state index contributed by atoms with van der Waals surface area (Å²) in [4.78, 5) is 18.8. The van der Waals surface area contributed by atoms with Crippen LogP contribution in [0.1, 0.15) is 56.5 Å². The van der Waals surface area contributed by atoms with Gasteiger partial charge in [0.1, 0.15) is 16.7 Å². The number of hydrogen-bond donors (Lipinski definition) is 1. The van der Waals surface area contributed by atoms with Crippen molar-refractivity contribution < 1.29 is 14.3 Å². The summed E-state index contributed by atoms with van der Waals surface area (Å²) in [5.74, 6) is 1.57. The van der Waals surface area contributed by atoms with Gasteiger partial charge in [-0.1, -0.05) is 11.6 Å². The van der Waals surface area contributed by atoms with Crippen molar-refractivity contribution in [3.05, 3.63) is 52.8 Å². The average Bonchev–Trinajstić information content (AvgIpc) is 2.68. The van der Waals surface area contributed by atoms with Crippen LogP contribution >= 0.6 is 11.6 Å². The van der Waals surface area contributed by atoms with E-state index in [1.54, 1.807) is 12.1 Å². The molecule has 3 rings (SSSR count). The van der Waals surface area contributed by atoms with E-state index >= 15 is 0 Å². The van der Waals surface area contributed by atoms with Crippen molar-refractivity contribution in [3.8, 4) is 11.5 Å². The van der Waals surface area contributed by atoms with Crippen LogP contribution in [-0.4, -0.2) is 47.1 Å². The van der Waals surface area contributed by atoms with E-state index < -0.39 is 0 Å². The molecule has 2 aromatic rings. The van der Waals surface area contributed by atoms with Crippen LogP contribution < -0.4 is 14.8 Å². The predicted molar refractivity (Wildman–Crippen MR) is 123 cm³/mol. The van der Waals surface area contributed by atoms with Crippen LogP contribution in [0.4, 0.5) is 0 Å². The standard InChI is InChI=1S/C24H32ClN3O3/c1-16(2)30-21-11-18(12-22(13-21)31-17(3)4)15-28-9-7-20(8-10-28)27-24(29)19-5-6-23(25)26-14-19/h5-6,11-14,16-17,20H,7-10,15H2,1-4H3,(H,27,29). The molecule has 1 aromatic heterocycles. The molecule has 0 spiro atoms. The van der Waals surface area contributed by atoms with E-state index in [1.165, 1.54) is 11.8 Å². The number of rotatable bonds is 8. The summed E-state index contributed by atoms with van der Waals surface area (Å²) in [6.07, 6.45) is 3.54. The maximum atomic E-state index is 12.4. The molecule has 168 valence electrons. The third-order valence-electron chi connectivity index (χ3n) is 5.00. The number of pyridine rings is 1. The third-order valence-corrected chi connectivity index (χ3v) is 5.23. The molecule has 0 aliphatic carbocycles. The molecule has 0 atom stereocenters. The van der Waals surface area contributed by atoms with Crippen molar-refractivity contribution in [1.82, 2.24) is 15.2 Å². The zero-order valence-corrected chi connectivity index (χ0v) is 19.5.